The van der Waals surface area contributed by atoms with E-state index in [1.807, 2.05) is 47.5 Å². The third-order valence-corrected chi connectivity index (χ3v) is 7.09. The van der Waals surface area contributed by atoms with Gasteiger partial charge in [0, 0.05) is 31.7 Å². The van der Waals surface area contributed by atoms with E-state index in [1.165, 1.54) is 11.1 Å². The molecule has 1 radical (unpaired) electrons. The number of phenols is 1. The zero-order chi connectivity index (χ0) is 29.6. The number of nitrogens with zero attached hydrogens (tertiary/aromatic N) is 2. The molecule has 1 fully saturated rings. The molecule has 0 bridgehead atoms. The lowest BCUT2D eigenvalue weighted by molar-refractivity contribution is -0.121. The van der Waals surface area contributed by atoms with Crippen molar-refractivity contribution >= 4 is 17.7 Å². The predicted octanol–water partition coefficient (Wildman–Crippen LogP) is 5.82. The molecule has 0 unspecified atom stereocenters. The highest BCUT2D eigenvalue weighted by Gasteiger charge is 2.31. The maximum absolute atomic E-state index is 15.4. The molecule has 8 nitrogen and oxygen atoms in total. The molecule has 42 heavy (non-hydrogen) atoms. The summed E-state index contributed by atoms with van der Waals surface area (Å²) in [7, 11) is 0. The number of carbonyl (C=O) groups is 2. The summed E-state index contributed by atoms with van der Waals surface area (Å²) >= 11 is 0. The summed E-state index contributed by atoms with van der Waals surface area (Å²) in [5.74, 6) is -0.448. The van der Waals surface area contributed by atoms with E-state index in [0.29, 0.717) is 25.2 Å². The van der Waals surface area contributed by atoms with Crippen LogP contribution in [0.25, 0.3) is 11.1 Å². The second kappa shape index (κ2) is 16.5. The lowest BCUT2D eigenvalue weighted by Crippen LogP contribution is -2.50. The predicted molar refractivity (Wildman–Crippen MR) is 162 cm³/mol. The van der Waals surface area contributed by atoms with Gasteiger partial charge in [0.25, 0.3) is 0 Å². The third-order valence-electron chi connectivity index (χ3n) is 7.09. The number of aromatic hydroxyl groups is 1. The molecule has 0 atom stereocenters. The number of phenolic OH excluding ortho intramolecular Hbond substituents is 1. The standard InChI is InChI=1S/C33H40FN4O4/c34-30-14-10-13-29(27-11-4-1-5-12-27)32(30)38(37-22-8-3-9-23-37)33(41)42-24-19-31(40)36-21-7-2-6-20-35-25-26-15-17-28(39)18-16-26/h1,3-5,10-18,35,39H,2,6-9,19-25H2,(H,36,40). The highest BCUT2D eigenvalue weighted by molar-refractivity contribution is 5.93. The number of hydrazine groups is 1. The maximum Gasteiger partial charge on any atom is 0.429 e. The molecule has 0 aromatic heterocycles. The van der Waals surface area contributed by atoms with E-state index in [-0.39, 0.29) is 30.4 Å². The lowest BCUT2D eigenvalue weighted by atomic mass is 10.0. The molecular weight excluding hydrogens is 535 g/mol. The SMILES string of the molecule is O=C(CCOC(=O)N(c1c(F)cccc1-c1ccccc1)N1CC[CH]CC1)NCCCCCNCc1ccc(O)cc1. The van der Waals surface area contributed by atoms with Crippen molar-refractivity contribution in [3.8, 4) is 16.9 Å². The van der Waals surface area contributed by atoms with Gasteiger partial charge in [0.1, 0.15) is 23.9 Å². The van der Waals surface area contributed by atoms with E-state index in [0.717, 1.165) is 56.3 Å². The van der Waals surface area contributed by atoms with Crippen LogP contribution < -0.4 is 15.6 Å². The van der Waals surface area contributed by atoms with E-state index in [9.17, 15) is 14.7 Å². The van der Waals surface area contributed by atoms with Gasteiger partial charge in [-0.3, -0.25) is 4.79 Å². The first-order chi connectivity index (χ1) is 20.5. The minimum absolute atomic E-state index is 0.0321. The van der Waals surface area contributed by atoms with Gasteiger partial charge in [-0.2, -0.15) is 0 Å². The Kier molecular flexibility index (Phi) is 12.2. The van der Waals surface area contributed by atoms with Crippen LogP contribution in [0.15, 0.2) is 72.8 Å². The molecule has 9 heteroatoms. The molecule has 0 aliphatic carbocycles. The van der Waals surface area contributed by atoms with E-state index < -0.39 is 11.9 Å². The maximum atomic E-state index is 15.4. The Morgan fingerprint density at radius 2 is 1.64 bits per heavy atom. The summed E-state index contributed by atoms with van der Waals surface area (Å²) in [6.45, 7) is 3.18. The number of piperidine rings is 1. The number of benzene rings is 3. The molecule has 1 aliphatic rings. The van der Waals surface area contributed by atoms with Gasteiger partial charge < -0.3 is 20.5 Å². The number of carbonyl (C=O) groups excluding carboxylic acids is 2. The average Bonchev–Trinajstić information content (AvgIpc) is 3.01. The van der Waals surface area contributed by atoms with Gasteiger partial charge in [0.2, 0.25) is 5.91 Å². The van der Waals surface area contributed by atoms with Crippen molar-refractivity contribution in [2.24, 2.45) is 0 Å². The molecule has 3 aromatic rings. The Labute approximate surface area is 247 Å². The number of rotatable bonds is 14. The van der Waals surface area contributed by atoms with E-state index in [1.54, 1.807) is 24.3 Å². The Bertz CT molecular complexity index is 1270. The number of halogens is 1. The molecule has 1 heterocycles. The van der Waals surface area contributed by atoms with Gasteiger partial charge in [0.05, 0.1) is 6.42 Å². The van der Waals surface area contributed by atoms with Crippen LogP contribution in [0.1, 0.15) is 44.1 Å². The highest BCUT2D eigenvalue weighted by Crippen LogP contribution is 2.35. The van der Waals surface area contributed by atoms with Crippen molar-refractivity contribution in [3.05, 3.63) is 90.6 Å². The fraction of sp³-hybridized carbons (Fsp3) is 0.364. The Balaban J connectivity index is 1.22. The fourth-order valence-electron chi connectivity index (χ4n) is 4.87. The quantitative estimate of drug-likeness (QED) is 0.210. The Morgan fingerprint density at radius 1 is 0.905 bits per heavy atom. The molecular formula is C33H40FN4O4. The average molecular weight is 576 g/mol. The monoisotopic (exact) mass is 575 g/mol. The van der Waals surface area contributed by atoms with Crippen molar-refractivity contribution in [1.29, 1.82) is 0 Å². The van der Waals surface area contributed by atoms with E-state index >= 15 is 4.39 Å². The van der Waals surface area contributed by atoms with E-state index in [4.69, 9.17) is 4.74 Å². The number of amides is 2. The summed E-state index contributed by atoms with van der Waals surface area (Å²) in [5, 5.41) is 18.7. The zero-order valence-electron chi connectivity index (χ0n) is 23.9. The molecule has 0 saturated carbocycles. The molecule has 1 aliphatic heterocycles. The van der Waals surface area contributed by atoms with Gasteiger partial charge >= 0.3 is 6.09 Å². The largest absolute Gasteiger partial charge is 0.508 e. The van der Waals surface area contributed by atoms with Crippen LogP contribution in [0.4, 0.5) is 14.9 Å². The Morgan fingerprint density at radius 3 is 2.40 bits per heavy atom. The topological polar surface area (TPSA) is 94.1 Å². The summed E-state index contributed by atoms with van der Waals surface area (Å²) in [6, 6.07) is 21.3. The molecule has 0 spiro atoms. The van der Waals surface area contributed by atoms with Gasteiger partial charge in [-0.15, -0.1) is 0 Å². The van der Waals surface area contributed by atoms with Gasteiger partial charge in [-0.25, -0.2) is 19.2 Å². The summed E-state index contributed by atoms with van der Waals surface area (Å²) in [5.41, 5.74) is 2.65. The van der Waals surface area contributed by atoms with Crippen LogP contribution >= 0.6 is 0 Å². The van der Waals surface area contributed by atoms with Crippen molar-refractivity contribution in [2.75, 3.05) is 37.8 Å². The second-order valence-corrected chi connectivity index (χ2v) is 10.3. The van der Waals surface area contributed by atoms with Crippen LogP contribution in [0.3, 0.4) is 0 Å². The van der Waals surface area contributed by atoms with Crippen molar-refractivity contribution in [3.63, 3.8) is 0 Å². The van der Waals surface area contributed by atoms with Crippen LogP contribution in [-0.4, -0.2) is 54.9 Å². The number of ether oxygens (including phenoxy) is 1. The molecule has 223 valence electrons. The van der Waals surface area contributed by atoms with Gasteiger partial charge in [-0.05, 0) is 68.0 Å². The lowest BCUT2D eigenvalue weighted by Gasteiger charge is -2.37. The summed E-state index contributed by atoms with van der Waals surface area (Å²) < 4.78 is 20.9. The molecule has 3 N–H and O–H groups in total. The second-order valence-electron chi connectivity index (χ2n) is 10.3. The molecule has 2 amide bonds. The van der Waals surface area contributed by atoms with Crippen LogP contribution in [-0.2, 0) is 16.1 Å². The smallest absolute Gasteiger partial charge is 0.429 e. The number of hydrogen-bond acceptors (Lipinski definition) is 6. The number of nitrogens with one attached hydrogen (secondary N) is 2. The first-order valence-corrected chi connectivity index (χ1v) is 14.7. The summed E-state index contributed by atoms with van der Waals surface area (Å²) in [6.07, 6.45) is 5.82. The normalized spacial score (nSPS) is 13.5. The minimum Gasteiger partial charge on any atom is -0.508 e. The van der Waals surface area contributed by atoms with Gasteiger partial charge in [-0.1, -0.05) is 61.0 Å². The zero-order valence-corrected chi connectivity index (χ0v) is 23.9. The highest BCUT2D eigenvalue weighted by atomic mass is 19.1. The number of anilines is 1. The van der Waals surface area contributed by atoms with E-state index in [2.05, 4.69) is 17.1 Å². The third kappa shape index (κ3) is 9.29. The van der Waals surface area contributed by atoms with Crippen LogP contribution in [0.2, 0.25) is 0 Å². The van der Waals surface area contributed by atoms with Crippen molar-refractivity contribution in [1.82, 2.24) is 15.6 Å². The van der Waals surface area contributed by atoms with Crippen LogP contribution in [0, 0.1) is 12.2 Å². The summed E-state index contributed by atoms with van der Waals surface area (Å²) in [4.78, 5) is 25.7. The van der Waals surface area contributed by atoms with Crippen LogP contribution in [0.5, 0.6) is 5.75 Å². The number of para-hydroxylation sites is 1. The number of unbranched alkanes of at least 4 members (excludes halogenated alkanes) is 2. The first kappa shape index (κ1) is 31.0. The van der Waals surface area contributed by atoms with Crippen molar-refractivity contribution in [2.45, 2.75) is 45.1 Å². The number of hydrogen-bond donors (Lipinski definition) is 3. The molecule has 3 aromatic carbocycles. The van der Waals surface area contributed by atoms with Gasteiger partial charge in [0.15, 0.2) is 0 Å². The first-order valence-electron chi connectivity index (χ1n) is 14.7. The molecule has 4 rings (SSSR count). The fourth-order valence-corrected chi connectivity index (χ4v) is 4.87. The minimum atomic E-state index is -0.702. The van der Waals surface area contributed by atoms with Crippen molar-refractivity contribution < 1.29 is 23.8 Å². The molecule has 1 saturated heterocycles. The Hall–Kier alpha value is -3.95.